The fourth-order valence-corrected chi connectivity index (χ4v) is 3.18. The Bertz CT molecular complexity index is 752. The van der Waals surface area contributed by atoms with Gasteiger partial charge in [-0.05, 0) is 35.6 Å². The first-order valence-electron chi connectivity index (χ1n) is 8.30. The number of aliphatic carboxylic acids is 1. The van der Waals surface area contributed by atoms with Crippen LogP contribution in [-0.4, -0.2) is 23.5 Å². The fraction of sp³-hybridized carbons (Fsp3) is 0.300. The topological polar surface area (TPSA) is 57.6 Å². The molecule has 1 amide bonds. The average molecular weight is 323 g/mol. The van der Waals surface area contributed by atoms with E-state index in [1.54, 1.807) is 11.0 Å². The molecule has 3 rings (SSSR count). The molecule has 0 spiro atoms. The molecule has 1 aliphatic heterocycles. The molecule has 0 aliphatic carbocycles. The fourth-order valence-electron chi connectivity index (χ4n) is 3.18. The summed E-state index contributed by atoms with van der Waals surface area (Å²) in [5.41, 5.74) is 3.87. The molecule has 24 heavy (non-hydrogen) atoms. The van der Waals surface area contributed by atoms with Gasteiger partial charge in [-0.1, -0.05) is 49.4 Å². The van der Waals surface area contributed by atoms with Gasteiger partial charge < -0.3 is 10.0 Å². The SMILES string of the molecule is CCc1ccc(CCC(=O)N2CC(C(=O)O)c3ccccc32)cc1. The zero-order valence-electron chi connectivity index (χ0n) is 13.7. The zero-order chi connectivity index (χ0) is 17.1. The van der Waals surface area contributed by atoms with E-state index in [0.29, 0.717) is 12.8 Å². The summed E-state index contributed by atoms with van der Waals surface area (Å²) in [4.78, 5) is 25.7. The highest BCUT2D eigenvalue weighted by Crippen LogP contribution is 2.36. The molecule has 0 aromatic heterocycles. The Morgan fingerprint density at radius 1 is 1.08 bits per heavy atom. The summed E-state index contributed by atoms with van der Waals surface area (Å²) in [6.07, 6.45) is 2.05. The number of hydrogen-bond acceptors (Lipinski definition) is 2. The van der Waals surface area contributed by atoms with Crippen molar-refractivity contribution in [1.29, 1.82) is 0 Å². The van der Waals surface area contributed by atoms with Crippen molar-refractivity contribution < 1.29 is 14.7 Å². The summed E-state index contributed by atoms with van der Waals surface area (Å²) in [5.74, 6) is -1.53. The number of para-hydroxylation sites is 1. The van der Waals surface area contributed by atoms with Crippen LogP contribution in [0.2, 0.25) is 0 Å². The number of benzene rings is 2. The Kier molecular flexibility index (Phi) is 4.65. The monoisotopic (exact) mass is 323 g/mol. The lowest BCUT2D eigenvalue weighted by atomic mass is 10.0. The third-order valence-electron chi connectivity index (χ3n) is 4.63. The minimum absolute atomic E-state index is 0.0224. The van der Waals surface area contributed by atoms with Crippen molar-refractivity contribution in [2.75, 3.05) is 11.4 Å². The van der Waals surface area contributed by atoms with Crippen molar-refractivity contribution in [1.82, 2.24) is 0 Å². The van der Waals surface area contributed by atoms with Crippen LogP contribution in [0.3, 0.4) is 0 Å². The molecule has 2 aromatic rings. The second kappa shape index (κ2) is 6.87. The van der Waals surface area contributed by atoms with Crippen LogP contribution in [0, 0.1) is 0 Å². The number of carboxylic acid groups (broad SMARTS) is 1. The van der Waals surface area contributed by atoms with Gasteiger partial charge in [-0.2, -0.15) is 0 Å². The van der Waals surface area contributed by atoms with Crippen LogP contribution in [-0.2, 0) is 22.4 Å². The number of carbonyl (C=O) groups is 2. The molecule has 1 atom stereocenters. The first-order chi connectivity index (χ1) is 11.6. The number of nitrogens with zero attached hydrogens (tertiary/aromatic N) is 1. The average Bonchev–Trinajstić information content (AvgIpc) is 3.00. The maximum atomic E-state index is 12.6. The van der Waals surface area contributed by atoms with Gasteiger partial charge in [-0.25, -0.2) is 0 Å². The van der Waals surface area contributed by atoms with Crippen LogP contribution in [0.5, 0.6) is 0 Å². The van der Waals surface area contributed by atoms with Crippen molar-refractivity contribution in [3.05, 3.63) is 65.2 Å². The summed E-state index contributed by atoms with van der Waals surface area (Å²) in [7, 11) is 0. The molecular formula is C20H21NO3. The van der Waals surface area contributed by atoms with Gasteiger partial charge in [0.1, 0.15) is 5.92 Å². The highest BCUT2D eigenvalue weighted by molar-refractivity contribution is 5.99. The molecule has 1 unspecified atom stereocenters. The van der Waals surface area contributed by atoms with E-state index in [4.69, 9.17) is 0 Å². The Balaban J connectivity index is 1.70. The Hall–Kier alpha value is -2.62. The molecule has 0 saturated carbocycles. The quantitative estimate of drug-likeness (QED) is 0.917. The second-order valence-corrected chi connectivity index (χ2v) is 6.12. The van der Waals surface area contributed by atoms with Crippen molar-refractivity contribution in [3.8, 4) is 0 Å². The van der Waals surface area contributed by atoms with Crippen LogP contribution in [0.25, 0.3) is 0 Å². The van der Waals surface area contributed by atoms with E-state index in [-0.39, 0.29) is 12.5 Å². The van der Waals surface area contributed by atoms with Crippen molar-refractivity contribution >= 4 is 17.6 Å². The normalized spacial score (nSPS) is 16.0. The first-order valence-corrected chi connectivity index (χ1v) is 8.30. The van der Waals surface area contributed by atoms with E-state index in [0.717, 1.165) is 23.2 Å². The van der Waals surface area contributed by atoms with Gasteiger partial charge in [-0.15, -0.1) is 0 Å². The molecule has 124 valence electrons. The molecular weight excluding hydrogens is 302 g/mol. The molecule has 0 bridgehead atoms. The molecule has 0 fully saturated rings. The van der Waals surface area contributed by atoms with Crippen LogP contribution in [0.15, 0.2) is 48.5 Å². The highest BCUT2D eigenvalue weighted by atomic mass is 16.4. The van der Waals surface area contributed by atoms with E-state index < -0.39 is 11.9 Å². The predicted molar refractivity (Wildman–Crippen MR) is 93.3 cm³/mol. The standard InChI is InChI=1S/C20H21NO3/c1-2-14-7-9-15(10-8-14)11-12-19(22)21-13-17(20(23)24)16-5-3-4-6-18(16)21/h3-10,17H,2,11-13H2,1H3,(H,23,24). The van der Waals surface area contributed by atoms with Gasteiger partial charge in [0.25, 0.3) is 0 Å². The molecule has 4 heteroatoms. The number of anilines is 1. The minimum atomic E-state index is -0.882. The lowest BCUT2D eigenvalue weighted by molar-refractivity contribution is -0.138. The van der Waals surface area contributed by atoms with E-state index in [9.17, 15) is 14.7 Å². The summed E-state index contributed by atoms with van der Waals surface area (Å²) in [5, 5.41) is 9.38. The summed E-state index contributed by atoms with van der Waals surface area (Å²) in [6, 6.07) is 15.6. The molecule has 1 aliphatic rings. The molecule has 4 nitrogen and oxygen atoms in total. The van der Waals surface area contributed by atoms with Crippen LogP contribution in [0.1, 0.15) is 36.0 Å². The van der Waals surface area contributed by atoms with Gasteiger partial charge in [0.15, 0.2) is 0 Å². The lowest BCUT2D eigenvalue weighted by Crippen LogP contribution is -2.31. The van der Waals surface area contributed by atoms with Crippen molar-refractivity contribution in [2.24, 2.45) is 0 Å². The van der Waals surface area contributed by atoms with Crippen LogP contribution in [0.4, 0.5) is 5.69 Å². The number of hydrogen-bond donors (Lipinski definition) is 1. The van der Waals surface area contributed by atoms with Gasteiger partial charge in [0, 0.05) is 18.7 Å². The minimum Gasteiger partial charge on any atom is -0.481 e. The Morgan fingerprint density at radius 2 is 1.75 bits per heavy atom. The molecule has 0 saturated heterocycles. The van der Waals surface area contributed by atoms with E-state index in [1.807, 2.05) is 18.2 Å². The summed E-state index contributed by atoms with van der Waals surface area (Å²) in [6.45, 7) is 2.34. The van der Waals surface area contributed by atoms with Gasteiger partial charge in [0.2, 0.25) is 5.91 Å². The lowest BCUT2D eigenvalue weighted by Gasteiger charge is -2.17. The van der Waals surface area contributed by atoms with Gasteiger partial charge >= 0.3 is 5.97 Å². The third-order valence-corrected chi connectivity index (χ3v) is 4.63. The van der Waals surface area contributed by atoms with E-state index in [1.165, 1.54) is 5.56 Å². The second-order valence-electron chi connectivity index (χ2n) is 6.12. The zero-order valence-corrected chi connectivity index (χ0v) is 13.7. The van der Waals surface area contributed by atoms with Crippen molar-refractivity contribution in [2.45, 2.75) is 32.1 Å². The number of fused-ring (bicyclic) bond motifs is 1. The van der Waals surface area contributed by atoms with Gasteiger partial charge in [-0.3, -0.25) is 9.59 Å². The molecule has 0 radical (unpaired) electrons. The van der Waals surface area contributed by atoms with E-state index >= 15 is 0 Å². The van der Waals surface area contributed by atoms with Crippen LogP contribution < -0.4 is 4.90 Å². The summed E-state index contributed by atoms with van der Waals surface area (Å²) >= 11 is 0. The largest absolute Gasteiger partial charge is 0.481 e. The van der Waals surface area contributed by atoms with Crippen molar-refractivity contribution in [3.63, 3.8) is 0 Å². The first kappa shape index (κ1) is 16.2. The number of carbonyl (C=O) groups excluding carboxylic acids is 1. The molecule has 1 heterocycles. The third kappa shape index (κ3) is 3.18. The Morgan fingerprint density at radius 3 is 2.42 bits per heavy atom. The number of carboxylic acids is 1. The molecule has 1 N–H and O–H groups in total. The van der Waals surface area contributed by atoms with Gasteiger partial charge in [0.05, 0.1) is 0 Å². The summed E-state index contributed by atoms with van der Waals surface area (Å²) < 4.78 is 0. The smallest absolute Gasteiger partial charge is 0.312 e. The maximum Gasteiger partial charge on any atom is 0.312 e. The Labute approximate surface area is 141 Å². The van der Waals surface area contributed by atoms with E-state index in [2.05, 4.69) is 31.2 Å². The highest BCUT2D eigenvalue weighted by Gasteiger charge is 2.35. The van der Waals surface area contributed by atoms with Crippen LogP contribution >= 0.6 is 0 Å². The predicted octanol–water partition coefficient (Wildman–Crippen LogP) is 3.40. The number of amides is 1. The molecule has 2 aromatic carbocycles. The maximum absolute atomic E-state index is 12.6. The number of rotatable bonds is 5. The number of aryl methyl sites for hydroxylation is 2.